The van der Waals surface area contributed by atoms with Gasteiger partial charge in [0, 0.05) is 0 Å². The molecule has 4 atom stereocenters. The molecule has 1 unspecified atom stereocenters. The molecule has 0 aromatic heterocycles. The first-order chi connectivity index (χ1) is 10.6. The summed E-state index contributed by atoms with van der Waals surface area (Å²) in [5.74, 6) is -0.303. The van der Waals surface area contributed by atoms with Crippen LogP contribution in [0.2, 0.25) is 58.9 Å². The molecule has 0 N–H and O–H groups in total. The predicted octanol–water partition coefficient (Wildman–Crippen LogP) is 3.98. The minimum atomic E-state index is -1.93. The van der Waals surface area contributed by atoms with Crippen LogP contribution in [0.15, 0.2) is 0 Å². The SMILES string of the molecule is CCC1OC(=O)[C@H](O[Si](C)(C)C)[C@@H](O[Si](C)(C)C)[C@@H]1O[Si](C)(C)C. The molecule has 0 amide bonds. The monoisotopic (exact) mass is 392 g/mol. The van der Waals surface area contributed by atoms with Gasteiger partial charge in [-0.15, -0.1) is 0 Å². The van der Waals surface area contributed by atoms with Crippen LogP contribution in [-0.2, 0) is 22.8 Å². The maximum Gasteiger partial charge on any atom is 0.337 e. The van der Waals surface area contributed by atoms with E-state index in [0.29, 0.717) is 6.42 Å². The lowest BCUT2D eigenvalue weighted by molar-refractivity contribution is -0.194. The van der Waals surface area contributed by atoms with Crippen molar-refractivity contribution in [2.75, 3.05) is 0 Å². The van der Waals surface area contributed by atoms with E-state index in [1.807, 2.05) is 6.92 Å². The van der Waals surface area contributed by atoms with E-state index in [2.05, 4.69) is 58.9 Å². The minimum Gasteiger partial charge on any atom is -0.458 e. The third-order valence-electron chi connectivity index (χ3n) is 3.35. The molecule has 1 aliphatic heterocycles. The van der Waals surface area contributed by atoms with Crippen LogP contribution in [0.4, 0.5) is 0 Å². The maximum atomic E-state index is 12.6. The molecule has 0 aromatic rings. The molecule has 8 heteroatoms. The fourth-order valence-electron chi connectivity index (χ4n) is 2.70. The van der Waals surface area contributed by atoms with Crippen molar-refractivity contribution < 1.29 is 22.8 Å². The normalized spacial score (nSPS) is 29.5. The van der Waals surface area contributed by atoms with Crippen molar-refractivity contribution in [3.05, 3.63) is 0 Å². The molecule has 5 nitrogen and oxygen atoms in total. The molecule has 24 heavy (non-hydrogen) atoms. The number of hydrogen-bond acceptors (Lipinski definition) is 5. The van der Waals surface area contributed by atoms with Crippen molar-refractivity contribution in [1.82, 2.24) is 0 Å². The summed E-state index contributed by atoms with van der Waals surface area (Å²) in [5.41, 5.74) is 0. The summed E-state index contributed by atoms with van der Waals surface area (Å²) < 4.78 is 24.7. The van der Waals surface area contributed by atoms with E-state index in [0.717, 1.165) is 0 Å². The Morgan fingerprint density at radius 2 is 1.21 bits per heavy atom. The van der Waals surface area contributed by atoms with Gasteiger partial charge in [-0.1, -0.05) is 6.92 Å². The van der Waals surface area contributed by atoms with Crippen LogP contribution >= 0.6 is 0 Å². The average molecular weight is 393 g/mol. The molecule has 0 aromatic carbocycles. The topological polar surface area (TPSA) is 54.0 Å². The van der Waals surface area contributed by atoms with Gasteiger partial charge in [-0.05, 0) is 65.3 Å². The van der Waals surface area contributed by atoms with Crippen LogP contribution in [0, 0.1) is 0 Å². The minimum absolute atomic E-state index is 0.257. The van der Waals surface area contributed by atoms with E-state index in [1.165, 1.54) is 0 Å². The molecule has 142 valence electrons. The zero-order valence-corrected chi connectivity index (χ0v) is 20.1. The molecular formula is C16H36O5Si3. The van der Waals surface area contributed by atoms with E-state index < -0.39 is 31.1 Å². The van der Waals surface area contributed by atoms with Crippen molar-refractivity contribution in [3.8, 4) is 0 Å². The second kappa shape index (κ2) is 7.71. The lowest BCUT2D eigenvalue weighted by Gasteiger charge is -2.46. The zero-order chi connectivity index (χ0) is 18.9. The average Bonchev–Trinajstić information content (AvgIpc) is 2.32. The van der Waals surface area contributed by atoms with Crippen molar-refractivity contribution in [2.45, 2.75) is 96.7 Å². The summed E-state index contributed by atoms with van der Waals surface area (Å²) >= 11 is 0. The van der Waals surface area contributed by atoms with Crippen molar-refractivity contribution in [2.24, 2.45) is 0 Å². The number of ether oxygens (including phenoxy) is 1. The summed E-state index contributed by atoms with van der Waals surface area (Å²) in [6.45, 7) is 21.1. The largest absolute Gasteiger partial charge is 0.458 e. The Kier molecular flexibility index (Phi) is 7.08. The van der Waals surface area contributed by atoms with Crippen molar-refractivity contribution >= 4 is 30.9 Å². The van der Waals surface area contributed by atoms with Gasteiger partial charge in [0.05, 0.1) is 0 Å². The Morgan fingerprint density at radius 3 is 1.58 bits per heavy atom. The third-order valence-corrected chi connectivity index (χ3v) is 6.27. The van der Waals surface area contributed by atoms with Crippen LogP contribution in [0.1, 0.15) is 13.3 Å². The van der Waals surface area contributed by atoms with E-state index in [9.17, 15) is 4.79 Å². The van der Waals surface area contributed by atoms with E-state index in [-0.39, 0.29) is 24.3 Å². The second-order valence-corrected chi connectivity index (χ2v) is 22.8. The second-order valence-electron chi connectivity index (χ2n) is 9.42. The number of hydrogen-bond donors (Lipinski definition) is 0. The zero-order valence-electron chi connectivity index (χ0n) is 17.1. The fraction of sp³-hybridized carbons (Fsp3) is 0.938. The van der Waals surface area contributed by atoms with Crippen molar-refractivity contribution in [3.63, 3.8) is 0 Å². The first-order valence-electron chi connectivity index (χ1n) is 8.87. The number of esters is 1. The smallest absolute Gasteiger partial charge is 0.337 e. The fourth-order valence-corrected chi connectivity index (χ4v) is 5.87. The Balaban J connectivity index is 3.23. The molecular weight excluding hydrogens is 356 g/mol. The first-order valence-corrected chi connectivity index (χ1v) is 19.1. The molecule has 0 radical (unpaired) electrons. The van der Waals surface area contributed by atoms with E-state index in [4.69, 9.17) is 18.0 Å². The lowest BCUT2D eigenvalue weighted by Crippen LogP contribution is -2.63. The lowest BCUT2D eigenvalue weighted by atomic mass is 9.98. The third kappa shape index (κ3) is 7.09. The van der Waals surface area contributed by atoms with Crippen LogP contribution < -0.4 is 0 Å². The summed E-state index contributed by atoms with van der Waals surface area (Å²) in [6, 6.07) is 0. The van der Waals surface area contributed by atoms with Crippen LogP contribution in [0.25, 0.3) is 0 Å². The molecule has 1 heterocycles. The first kappa shape index (κ1) is 22.0. The van der Waals surface area contributed by atoms with Gasteiger partial charge >= 0.3 is 5.97 Å². The highest BCUT2D eigenvalue weighted by Crippen LogP contribution is 2.31. The van der Waals surface area contributed by atoms with Gasteiger partial charge in [0.1, 0.15) is 18.3 Å². The van der Waals surface area contributed by atoms with Crippen LogP contribution in [-0.4, -0.2) is 55.3 Å². The molecule has 0 aliphatic carbocycles. The van der Waals surface area contributed by atoms with Crippen LogP contribution in [0.5, 0.6) is 0 Å². The Morgan fingerprint density at radius 1 is 0.792 bits per heavy atom. The number of cyclic esters (lactones) is 1. The van der Waals surface area contributed by atoms with E-state index >= 15 is 0 Å². The number of carbonyl (C=O) groups is 1. The predicted molar refractivity (Wildman–Crippen MR) is 105 cm³/mol. The van der Waals surface area contributed by atoms with Crippen LogP contribution in [0.3, 0.4) is 0 Å². The molecule has 0 saturated carbocycles. The van der Waals surface area contributed by atoms with Gasteiger partial charge in [-0.3, -0.25) is 0 Å². The quantitative estimate of drug-likeness (QED) is 0.484. The maximum absolute atomic E-state index is 12.6. The van der Waals surface area contributed by atoms with Gasteiger partial charge < -0.3 is 18.0 Å². The molecule has 0 bridgehead atoms. The van der Waals surface area contributed by atoms with Gasteiger partial charge in [-0.2, -0.15) is 0 Å². The molecule has 1 aliphatic rings. The Labute approximate surface area is 150 Å². The number of carbonyl (C=O) groups excluding carboxylic acids is 1. The van der Waals surface area contributed by atoms with E-state index in [1.54, 1.807) is 0 Å². The highest BCUT2D eigenvalue weighted by molar-refractivity contribution is 6.70. The van der Waals surface area contributed by atoms with Gasteiger partial charge in [0.25, 0.3) is 0 Å². The number of rotatable bonds is 7. The molecule has 1 fully saturated rings. The summed E-state index contributed by atoms with van der Waals surface area (Å²) in [6.07, 6.45) is -0.889. The van der Waals surface area contributed by atoms with Gasteiger partial charge in [0.2, 0.25) is 0 Å². The van der Waals surface area contributed by atoms with Crippen molar-refractivity contribution in [1.29, 1.82) is 0 Å². The highest BCUT2D eigenvalue weighted by Gasteiger charge is 2.51. The van der Waals surface area contributed by atoms with Gasteiger partial charge in [-0.25, -0.2) is 4.79 Å². The molecule has 0 spiro atoms. The Hall–Kier alpha value is 0.000649. The summed E-state index contributed by atoms with van der Waals surface area (Å²) in [5, 5.41) is 0. The Bertz CT molecular complexity index is 436. The highest BCUT2D eigenvalue weighted by atomic mass is 28.4. The molecule has 1 rings (SSSR count). The standard InChI is InChI=1S/C16H36O5Si3/c1-11-12-13(19-22(2,3)4)14(20-23(5,6)7)15(16(17)18-12)21-24(8,9)10/h12-15H,11H2,1-10H3/t12?,13-,14+,15-/m1/s1. The molecule has 1 saturated heterocycles. The van der Waals surface area contributed by atoms with Gasteiger partial charge in [0.15, 0.2) is 31.1 Å². The summed E-state index contributed by atoms with van der Waals surface area (Å²) in [4.78, 5) is 12.6. The summed E-state index contributed by atoms with van der Waals surface area (Å²) in [7, 11) is -5.65.